The van der Waals surface area contributed by atoms with E-state index in [1.807, 2.05) is 19.1 Å². The van der Waals surface area contributed by atoms with Crippen molar-refractivity contribution in [2.45, 2.75) is 19.9 Å². The van der Waals surface area contributed by atoms with Gasteiger partial charge in [0, 0.05) is 16.6 Å². The average molecular weight is 322 g/mol. The van der Waals surface area contributed by atoms with E-state index in [0.29, 0.717) is 11.7 Å². The summed E-state index contributed by atoms with van der Waals surface area (Å²) in [6.45, 7) is 3.93. The van der Waals surface area contributed by atoms with E-state index in [1.165, 1.54) is 5.56 Å². The van der Waals surface area contributed by atoms with E-state index in [1.54, 1.807) is 13.2 Å². The standard InChI is InChI=1S/C14H16BrN3O/c1-9(11-5-4-6-12(15)7-11)16-13-8-14(19-3)18-10(2)17-13/h4-9H,1-3H3,(H,16,17,18). The van der Waals surface area contributed by atoms with Crippen molar-refractivity contribution in [3.8, 4) is 5.88 Å². The van der Waals surface area contributed by atoms with Gasteiger partial charge in [0.1, 0.15) is 11.6 Å². The molecule has 100 valence electrons. The number of hydrogen-bond donors (Lipinski definition) is 1. The summed E-state index contributed by atoms with van der Waals surface area (Å²) in [5.74, 6) is 2.01. The van der Waals surface area contributed by atoms with Crippen LogP contribution in [-0.4, -0.2) is 17.1 Å². The number of methoxy groups -OCH3 is 1. The summed E-state index contributed by atoms with van der Waals surface area (Å²) in [5, 5.41) is 3.35. The normalized spacial score (nSPS) is 12.0. The fraction of sp³-hybridized carbons (Fsp3) is 0.286. The van der Waals surface area contributed by atoms with Crippen molar-refractivity contribution in [1.82, 2.24) is 9.97 Å². The molecule has 0 aliphatic heterocycles. The smallest absolute Gasteiger partial charge is 0.218 e. The topological polar surface area (TPSA) is 47.0 Å². The summed E-state index contributed by atoms with van der Waals surface area (Å²) < 4.78 is 6.21. The molecule has 4 nitrogen and oxygen atoms in total. The van der Waals surface area contributed by atoms with Gasteiger partial charge in [-0.05, 0) is 31.5 Å². The second-order valence-corrected chi connectivity index (χ2v) is 5.18. The van der Waals surface area contributed by atoms with Crippen LogP contribution in [0.15, 0.2) is 34.8 Å². The quantitative estimate of drug-likeness (QED) is 0.932. The summed E-state index contributed by atoms with van der Waals surface area (Å²) in [6, 6.07) is 10.1. The van der Waals surface area contributed by atoms with Gasteiger partial charge in [-0.2, -0.15) is 4.98 Å². The number of rotatable bonds is 4. The summed E-state index contributed by atoms with van der Waals surface area (Å²) in [7, 11) is 1.60. The maximum Gasteiger partial charge on any atom is 0.218 e. The number of nitrogens with one attached hydrogen (secondary N) is 1. The fourth-order valence-corrected chi connectivity index (χ4v) is 2.22. The Hall–Kier alpha value is -1.62. The fourth-order valence-electron chi connectivity index (χ4n) is 1.80. The van der Waals surface area contributed by atoms with Gasteiger partial charge in [0.05, 0.1) is 7.11 Å². The number of anilines is 1. The number of aromatic nitrogens is 2. The number of hydrogen-bond acceptors (Lipinski definition) is 4. The molecule has 2 aromatic rings. The zero-order valence-corrected chi connectivity index (χ0v) is 12.7. The van der Waals surface area contributed by atoms with E-state index in [-0.39, 0.29) is 6.04 Å². The lowest BCUT2D eigenvalue weighted by Crippen LogP contribution is -2.09. The van der Waals surface area contributed by atoms with Crippen LogP contribution in [-0.2, 0) is 0 Å². The van der Waals surface area contributed by atoms with Crippen molar-refractivity contribution >= 4 is 21.7 Å². The van der Waals surface area contributed by atoms with E-state index in [9.17, 15) is 0 Å². The van der Waals surface area contributed by atoms with E-state index >= 15 is 0 Å². The Bertz CT molecular complexity index is 574. The van der Waals surface area contributed by atoms with Gasteiger partial charge in [0.15, 0.2) is 0 Å². The lowest BCUT2D eigenvalue weighted by molar-refractivity contribution is 0.396. The highest BCUT2D eigenvalue weighted by atomic mass is 79.9. The highest BCUT2D eigenvalue weighted by Gasteiger charge is 2.08. The third-order valence-corrected chi connectivity index (χ3v) is 3.23. The first kappa shape index (κ1) is 13.8. The molecular weight excluding hydrogens is 306 g/mol. The molecule has 1 aromatic carbocycles. The molecular formula is C14H16BrN3O. The Morgan fingerprint density at radius 2 is 2.05 bits per heavy atom. The molecule has 0 bridgehead atoms. The SMILES string of the molecule is COc1cc(NC(C)c2cccc(Br)c2)nc(C)n1. The number of benzene rings is 1. The first-order chi connectivity index (χ1) is 9.08. The van der Waals surface area contributed by atoms with Gasteiger partial charge in [0.25, 0.3) is 0 Å². The molecule has 0 aliphatic carbocycles. The van der Waals surface area contributed by atoms with Crippen LogP contribution in [0.2, 0.25) is 0 Å². The third-order valence-electron chi connectivity index (χ3n) is 2.74. The Labute approximate surface area is 121 Å². The molecule has 0 spiro atoms. The Kier molecular flexibility index (Phi) is 4.37. The largest absolute Gasteiger partial charge is 0.481 e. The highest BCUT2D eigenvalue weighted by molar-refractivity contribution is 9.10. The van der Waals surface area contributed by atoms with Crippen molar-refractivity contribution < 1.29 is 4.74 Å². The molecule has 2 rings (SSSR count). The van der Waals surface area contributed by atoms with E-state index in [2.05, 4.69) is 50.3 Å². The van der Waals surface area contributed by atoms with Crippen LogP contribution in [0.4, 0.5) is 5.82 Å². The molecule has 1 unspecified atom stereocenters. The molecule has 0 fully saturated rings. The van der Waals surface area contributed by atoms with E-state index in [4.69, 9.17) is 4.74 Å². The van der Waals surface area contributed by atoms with Crippen molar-refractivity contribution in [2.75, 3.05) is 12.4 Å². The maximum absolute atomic E-state index is 5.14. The number of ether oxygens (including phenoxy) is 1. The summed E-state index contributed by atoms with van der Waals surface area (Å²) in [4.78, 5) is 8.52. The number of aryl methyl sites for hydroxylation is 1. The molecule has 0 radical (unpaired) electrons. The summed E-state index contributed by atoms with van der Waals surface area (Å²) in [6.07, 6.45) is 0. The predicted molar refractivity (Wildman–Crippen MR) is 79.5 cm³/mol. The number of halogens is 1. The second-order valence-electron chi connectivity index (χ2n) is 4.26. The summed E-state index contributed by atoms with van der Waals surface area (Å²) in [5.41, 5.74) is 1.18. The first-order valence-electron chi connectivity index (χ1n) is 6.00. The molecule has 0 saturated heterocycles. The van der Waals surface area contributed by atoms with Crippen LogP contribution in [0.1, 0.15) is 24.4 Å². The number of nitrogens with zero attached hydrogens (tertiary/aromatic N) is 2. The highest BCUT2D eigenvalue weighted by Crippen LogP contribution is 2.22. The van der Waals surface area contributed by atoms with Crippen LogP contribution in [0.25, 0.3) is 0 Å². The molecule has 5 heteroatoms. The lowest BCUT2D eigenvalue weighted by atomic mass is 10.1. The van der Waals surface area contributed by atoms with Gasteiger partial charge in [-0.1, -0.05) is 28.1 Å². The van der Waals surface area contributed by atoms with Crippen LogP contribution in [0.3, 0.4) is 0 Å². The van der Waals surface area contributed by atoms with Crippen molar-refractivity contribution in [3.05, 3.63) is 46.2 Å². The first-order valence-corrected chi connectivity index (χ1v) is 6.79. The molecule has 1 N–H and O–H groups in total. The molecule has 1 aromatic heterocycles. The Morgan fingerprint density at radius 3 is 2.74 bits per heavy atom. The molecule has 19 heavy (non-hydrogen) atoms. The van der Waals surface area contributed by atoms with Crippen LogP contribution >= 0.6 is 15.9 Å². The van der Waals surface area contributed by atoms with Gasteiger partial charge in [0.2, 0.25) is 5.88 Å². The van der Waals surface area contributed by atoms with Gasteiger partial charge in [-0.25, -0.2) is 4.98 Å². The molecule has 0 aliphatic rings. The van der Waals surface area contributed by atoms with Gasteiger partial charge >= 0.3 is 0 Å². The molecule has 1 heterocycles. The van der Waals surface area contributed by atoms with Crippen LogP contribution in [0.5, 0.6) is 5.88 Å². The Morgan fingerprint density at radius 1 is 1.26 bits per heavy atom. The average Bonchev–Trinajstić information content (AvgIpc) is 2.38. The van der Waals surface area contributed by atoms with Crippen LogP contribution < -0.4 is 10.1 Å². The van der Waals surface area contributed by atoms with Gasteiger partial charge in [-0.15, -0.1) is 0 Å². The Balaban J connectivity index is 2.18. The predicted octanol–water partition coefficient (Wildman–Crippen LogP) is 3.73. The zero-order chi connectivity index (χ0) is 13.8. The summed E-state index contributed by atoms with van der Waals surface area (Å²) >= 11 is 3.48. The minimum atomic E-state index is 0.150. The minimum absolute atomic E-state index is 0.150. The van der Waals surface area contributed by atoms with E-state index in [0.717, 1.165) is 10.3 Å². The zero-order valence-electron chi connectivity index (χ0n) is 11.1. The van der Waals surface area contributed by atoms with Gasteiger partial charge < -0.3 is 10.1 Å². The van der Waals surface area contributed by atoms with Crippen molar-refractivity contribution in [3.63, 3.8) is 0 Å². The minimum Gasteiger partial charge on any atom is -0.481 e. The lowest BCUT2D eigenvalue weighted by Gasteiger charge is -2.16. The third kappa shape index (κ3) is 3.67. The van der Waals surface area contributed by atoms with E-state index < -0.39 is 0 Å². The second kappa shape index (κ2) is 6.02. The van der Waals surface area contributed by atoms with Crippen molar-refractivity contribution in [2.24, 2.45) is 0 Å². The molecule has 0 saturated carbocycles. The van der Waals surface area contributed by atoms with Crippen molar-refractivity contribution in [1.29, 1.82) is 0 Å². The maximum atomic E-state index is 5.14. The molecule has 1 atom stereocenters. The monoisotopic (exact) mass is 321 g/mol. The molecule has 0 amide bonds. The van der Waals surface area contributed by atoms with Gasteiger partial charge in [-0.3, -0.25) is 0 Å². The van der Waals surface area contributed by atoms with Crippen LogP contribution in [0, 0.1) is 6.92 Å².